The van der Waals surface area contributed by atoms with Crippen molar-refractivity contribution in [3.8, 4) is 11.4 Å². The Kier molecular flexibility index (Phi) is 4.67. The molecule has 4 rings (SSSR count). The smallest absolute Gasteiger partial charge is 0.237 e. The first-order valence-corrected chi connectivity index (χ1v) is 9.49. The minimum Gasteiger partial charge on any atom is -0.338 e. The molecule has 0 saturated heterocycles. The molecule has 0 radical (unpaired) electrons. The van der Waals surface area contributed by atoms with Crippen molar-refractivity contribution in [2.75, 3.05) is 0 Å². The van der Waals surface area contributed by atoms with Crippen LogP contribution in [0.2, 0.25) is 0 Å². The van der Waals surface area contributed by atoms with Gasteiger partial charge >= 0.3 is 0 Å². The van der Waals surface area contributed by atoms with Gasteiger partial charge in [-0.05, 0) is 25.0 Å². The third kappa shape index (κ3) is 3.46. The van der Waals surface area contributed by atoms with Gasteiger partial charge in [-0.15, -0.1) is 0 Å². The lowest BCUT2D eigenvalue weighted by molar-refractivity contribution is 0.391. The van der Waals surface area contributed by atoms with Crippen LogP contribution in [0.25, 0.3) is 22.3 Å². The average Bonchev–Trinajstić information content (AvgIpc) is 3.15. The van der Waals surface area contributed by atoms with E-state index >= 15 is 0 Å². The maximum Gasteiger partial charge on any atom is 0.237 e. The van der Waals surface area contributed by atoms with Gasteiger partial charge in [-0.2, -0.15) is 4.98 Å². The minimum atomic E-state index is 0.570. The molecule has 0 N–H and O–H groups in total. The van der Waals surface area contributed by atoms with E-state index in [0.29, 0.717) is 17.5 Å². The fourth-order valence-electron chi connectivity index (χ4n) is 2.72. The Balaban J connectivity index is 1.53. The molecule has 0 bridgehead atoms. The second-order valence-corrected chi connectivity index (χ2v) is 6.91. The quantitative estimate of drug-likeness (QED) is 0.374. The number of nitrogens with zero attached hydrogens (tertiary/aromatic N) is 4. The number of para-hydroxylation sites is 1. The molecule has 2 aromatic heterocycles. The first kappa shape index (κ1) is 16.7. The summed E-state index contributed by atoms with van der Waals surface area (Å²) in [6.45, 7) is 4.04. The maximum absolute atomic E-state index is 5.41. The first-order chi connectivity index (χ1) is 12.7. The highest BCUT2D eigenvalue weighted by Crippen LogP contribution is 2.28. The van der Waals surface area contributed by atoms with Crippen LogP contribution in [0.5, 0.6) is 0 Å². The summed E-state index contributed by atoms with van der Waals surface area (Å²) >= 11 is 1.58. The molecule has 0 fully saturated rings. The fourth-order valence-corrected chi connectivity index (χ4v) is 3.62. The molecular weight excluding hydrogens is 344 g/mol. The van der Waals surface area contributed by atoms with Crippen LogP contribution in [0.3, 0.4) is 0 Å². The van der Waals surface area contributed by atoms with E-state index in [9.17, 15) is 0 Å². The van der Waals surface area contributed by atoms with E-state index in [1.54, 1.807) is 11.8 Å². The van der Waals surface area contributed by atoms with Gasteiger partial charge in [0.25, 0.3) is 0 Å². The molecule has 6 heteroatoms. The summed E-state index contributed by atoms with van der Waals surface area (Å²) in [6.07, 6.45) is 1.01. The zero-order valence-corrected chi connectivity index (χ0v) is 15.5. The Morgan fingerprint density at radius 1 is 0.962 bits per heavy atom. The van der Waals surface area contributed by atoms with E-state index < -0.39 is 0 Å². The zero-order valence-electron chi connectivity index (χ0n) is 14.6. The maximum atomic E-state index is 5.41. The standard InChI is InChI=1S/C20H18N4OS/c1-3-14-8-10-15(11-9-14)19-23-18(25-24-19)12-26-20-16-6-4-5-7-17(16)21-13(2)22-20/h4-11H,3,12H2,1-2H3. The Hall–Kier alpha value is -2.73. The van der Waals surface area contributed by atoms with E-state index in [0.717, 1.165) is 33.7 Å². The number of aryl methyl sites for hydroxylation is 2. The molecule has 0 aliphatic rings. The monoisotopic (exact) mass is 362 g/mol. The molecule has 4 aromatic rings. The number of hydrogen-bond acceptors (Lipinski definition) is 6. The summed E-state index contributed by atoms with van der Waals surface area (Å²) in [7, 11) is 0. The van der Waals surface area contributed by atoms with Gasteiger partial charge in [-0.1, -0.05) is 66.3 Å². The Labute approximate surface area is 155 Å². The predicted molar refractivity (Wildman–Crippen MR) is 103 cm³/mol. The van der Waals surface area contributed by atoms with Crippen molar-refractivity contribution in [1.29, 1.82) is 0 Å². The van der Waals surface area contributed by atoms with E-state index in [4.69, 9.17) is 4.52 Å². The predicted octanol–water partition coefficient (Wildman–Crippen LogP) is 4.84. The van der Waals surface area contributed by atoms with Crippen LogP contribution in [-0.4, -0.2) is 20.1 Å². The van der Waals surface area contributed by atoms with Gasteiger partial charge in [0.05, 0.1) is 11.3 Å². The van der Waals surface area contributed by atoms with E-state index in [-0.39, 0.29) is 0 Å². The zero-order chi connectivity index (χ0) is 17.9. The van der Waals surface area contributed by atoms with Crippen molar-refractivity contribution in [1.82, 2.24) is 20.1 Å². The van der Waals surface area contributed by atoms with Gasteiger partial charge in [-0.3, -0.25) is 0 Å². The third-order valence-corrected chi connectivity index (χ3v) is 5.08. The minimum absolute atomic E-state index is 0.570. The molecule has 0 saturated carbocycles. The van der Waals surface area contributed by atoms with Crippen LogP contribution in [0.4, 0.5) is 0 Å². The molecule has 5 nitrogen and oxygen atoms in total. The number of fused-ring (bicyclic) bond motifs is 1. The molecular formula is C20H18N4OS. The van der Waals surface area contributed by atoms with Gasteiger partial charge < -0.3 is 4.52 Å². The highest BCUT2D eigenvalue weighted by Gasteiger charge is 2.11. The molecule has 130 valence electrons. The summed E-state index contributed by atoms with van der Waals surface area (Å²) in [5.41, 5.74) is 3.20. The molecule has 26 heavy (non-hydrogen) atoms. The molecule has 0 atom stereocenters. The summed E-state index contributed by atoms with van der Waals surface area (Å²) < 4.78 is 5.41. The summed E-state index contributed by atoms with van der Waals surface area (Å²) in [5.74, 6) is 2.53. The summed E-state index contributed by atoms with van der Waals surface area (Å²) in [5, 5.41) is 6.07. The van der Waals surface area contributed by atoms with Crippen LogP contribution in [0.1, 0.15) is 24.2 Å². The lowest BCUT2D eigenvalue weighted by Gasteiger charge is -2.04. The van der Waals surface area contributed by atoms with Crippen LogP contribution >= 0.6 is 11.8 Å². The lowest BCUT2D eigenvalue weighted by atomic mass is 10.1. The Bertz CT molecular complexity index is 1040. The fraction of sp³-hybridized carbons (Fsp3) is 0.200. The first-order valence-electron chi connectivity index (χ1n) is 8.51. The Morgan fingerprint density at radius 2 is 1.77 bits per heavy atom. The molecule has 0 spiro atoms. The van der Waals surface area contributed by atoms with Crippen molar-refractivity contribution >= 4 is 22.7 Å². The largest absolute Gasteiger partial charge is 0.338 e. The van der Waals surface area contributed by atoms with Crippen molar-refractivity contribution < 1.29 is 4.52 Å². The second-order valence-electron chi connectivity index (χ2n) is 5.94. The molecule has 2 heterocycles. The van der Waals surface area contributed by atoms with Gasteiger partial charge in [0, 0.05) is 10.9 Å². The normalized spacial score (nSPS) is 11.2. The van der Waals surface area contributed by atoms with Gasteiger partial charge in [-0.25, -0.2) is 9.97 Å². The molecule has 0 aliphatic carbocycles. The number of thioether (sulfide) groups is 1. The van der Waals surface area contributed by atoms with Crippen molar-refractivity contribution in [2.45, 2.75) is 31.0 Å². The second kappa shape index (κ2) is 7.25. The van der Waals surface area contributed by atoms with Gasteiger partial charge in [0.1, 0.15) is 10.9 Å². The number of aromatic nitrogens is 4. The van der Waals surface area contributed by atoms with Crippen LogP contribution in [0.15, 0.2) is 58.1 Å². The van der Waals surface area contributed by atoms with Crippen LogP contribution in [0, 0.1) is 6.92 Å². The highest BCUT2D eigenvalue weighted by molar-refractivity contribution is 7.98. The van der Waals surface area contributed by atoms with Gasteiger partial charge in [0.2, 0.25) is 11.7 Å². The molecule has 0 aliphatic heterocycles. The SMILES string of the molecule is CCc1ccc(-c2noc(CSc3nc(C)nc4ccccc34)n2)cc1. The third-order valence-electron chi connectivity index (χ3n) is 4.10. The van der Waals surface area contributed by atoms with Crippen molar-refractivity contribution in [3.05, 3.63) is 65.8 Å². The Morgan fingerprint density at radius 3 is 2.58 bits per heavy atom. The highest BCUT2D eigenvalue weighted by atomic mass is 32.2. The van der Waals surface area contributed by atoms with E-state index in [1.807, 2.05) is 43.3 Å². The van der Waals surface area contributed by atoms with Crippen molar-refractivity contribution in [3.63, 3.8) is 0 Å². The van der Waals surface area contributed by atoms with E-state index in [1.165, 1.54) is 5.56 Å². The van der Waals surface area contributed by atoms with Gasteiger partial charge in [0.15, 0.2) is 0 Å². The molecule has 0 amide bonds. The van der Waals surface area contributed by atoms with Crippen molar-refractivity contribution in [2.24, 2.45) is 0 Å². The van der Waals surface area contributed by atoms with E-state index in [2.05, 4.69) is 39.2 Å². The van der Waals surface area contributed by atoms with Crippen LogP contribution < -0.4 is 0 Å². The average molecular weight is 362 g/mol. The lowest BCUT2D eigenvalue weighted by Crippen LogP contribution is -1.93. The number of rotatable bonds is 5. The topological polar surface area (TPSA) is 64.7 Å². The number of benzene rings is 2. The summed E-state index contributed by atoms with van der Waals surface area (Å²) in [4.78, 5) is 13.5. The number of hydrogen-bond donors (Lipinski definition) is 0. The summed E-state index contributed by atoms with van der Waals surface area (Å²) in [6, 6.07) is 16.3. The van der Waals surface area contributed by atoms with Crippen LogP contribution in [-0.2, 0) is 12.2 Å². The molecule has 0 unspecified atom stereocenters. The molecule has 2 aromatic carbocycles.